The molecule has 0 amide bonds. The highest BCUT2D eigenvalue weighted by Gasteiger charge is 2.16. The molecule has 1 aliphatic heterocycles. The molecule has 1 fully saturated rings. The Bertz CT molecular complexity index is 417. The van der Waals surface area contributed by atoms with Gasteiger partial charge in [0.15, 0.2) is 0 Å². The fourth-order valence-corrected chi connectivity index (χ4v) is 3.03. The van der Waals surface area contributed by atoms with Gasteiger partial charge in [0.05, 0.1) is 5.69 Å². The number of aromatic nitrogens is 1. The molecule has 0 spiro atoms. The smallest absolute Gasteiger partial charge is 0.128 e. The van der Waals surface area contributed by atoms with Crippen molar-refractivity contribution < 1.29 is 0 Å². The topological polar surface area (TPSA) is 28.2 Å². The highest BCUT2D eigenvalue weighted by Crippen LogP contribution is 2.23. The quantitative estimate of drug-likeness (QED) is 0.862. The molecule has 2 rings (SSSR count). The van der Waals surface area contributed by atoms with E-state index in [4.69, 9.17) is 4.98 Å². The molecule has 118 valence electrons. The van der Waals surface area contributed by atoms with E-state index in [1.165, 1.54) is 25.7 Å². The van der Waals surface area contributed by atoms with E-state index in [0.717, 1.165) is 43.6 Å². The van der Waals surface area contributed by atoms with Crippen LogP contribution in [0.4, 0.5) is 5.82 Å². The monoisotopic (exact) mass is 289 g/mol. The summed E-state index contributed by atoms with van der Waals surface area (Å²) < 4.78 is 0. The Morgan fingerprint density at radius 2 is 2.14 bits per heavy atom. The molecule has 0 saturated carbocycles. The van der Waals surface area contributed by atoms with Crippen LogP contribution >= 0.6 is 0 Å². The Morgan fingerprint density at radius 3 is 2.90 bits per heavy atom. The number of hydrogen-bond acceptors (Lipinski definition) is 3. The molecule has 2 heterocycles. The van der Waals surface area contributed by atoms with Gasteiger partial charge in [0.1, 0.15) is 5.82 Å². The predicted octanol–water partition coefficient (Wildman–Crippen LogP) is 3.84. The minimum absolute atomic E-state index is 0.685. The summed E-state index contributed by atoms with van der Waals surface area (Å²) in [6, 6.07) is 6.44. The highest BCUT2D eigenvalue weighted by atomic mass is 15.2. The summed E-state index contributed by atoms with van der Waals surface area (Å²) >= 11 is 0. The zero-order valence-electron chi connectivity index (χ0n) is 13.9. The maximum absolute atomic E-state index is 4.85. The van der Waals surface area contributed by atoms with E-state index < -0.39 is 0 Å². The lowest BCUT2D eigenvalue weighted by atomic mass is 9.98. The van der Waals surface area contributed by atoms with Crippen molar-refractivity contribution in [1.29, 1.82) is 0 Å². The average molecular weight is 289 g/mol. The molecule has 0 aromatic carbocycles. The van der Waals surface area contributed by atoms with Crippen LogP contribution in [0.3, 0.4) is 0 Å². The summed E-state index contributed by atoms with van der Waals surface area (Å²) in [4.78, 5) is 7.32. The van der Waals surface area contributed by atoms with Gasteiger partial charge in [-0.1, -0.05) is 33.3 Å². The SMILES string of the molecule is CCC1CCCN(c2cccc(CNCC(C)C)n2)CC1. The van der Waals surface area contributed by atoms with Gasteiger partial charge < -0.3 is 10.2 Å². The van der Waals surface area contributed by atoms with Crippen molar-refractivity contribution in [1.82, 2.24) is 10.3 Å². The maximum atomic E-state index is 4.85. The van der Waals surface area contributed by atoms with Crippen molar-refractivity contribution in [3.05, 3.63) is 23.9 Å². The molecule has 3 heteroatoms. The lowest BCUT2D eigenvalue weighted by Crippen LogP contribution is -2.26. The lowest BCUT2D eigenvalue weighted by molar-refractivity contribution is 0.459. The van der Waals surface area contributed by atoms with E-state index >= 15 is 0 Å². The molecule has 1 aliphatic rings. The third-order valence-corrected chi connectivity index (χ3v) is 4.40. The zero-order valence-corrected chi connectivity index (χ0v) is 13.9. The van der Waals surface area contributed by atoms with Crippen molar-refractivity contribution in [3.63, 3.8) is 0 Å². The summed E-state index contributed by atoms with van der Waals surface area (Å²) in [5, 5.41) is 3.48. The van der Waals surface area contributed by atoms with Gasteiger partial charge >= 0.3 is 0 Å². The van der Waals surface area contributed by atoms with Gasteiger partial charge in [-0.15, -0.1) is 0 Å². The van der Waals surface area contributed by atoms with Gasteiger partial charge in [0, 0.05) is 19.6 Å². The third-order valence-electron chi connectivity index (χ3n) is 4.40. The van der Waals surface area contributed by atoms with Crippen molar-refractivity contribution in [2.24, 2.45) is 11.8 Å². The molecule has 0 radical (unpaired) electrons. The summed E-state index contributed by atoms with van der Waals surface area (Å²) in [5.41, 5.74) is 1.16. The fourth-order valence-electron chi connectivity index (χ4n) is 3.03. The Morgan fingerprint density at radius 1 is 1.29 bits per heavy atom. The van der Waals surface area contributed by atoms with Crippen LogP contribution in [0.2, 0.25) is 0 Å². The second-order valence-electron chi connectivity index (χ2n) is 6.70. The average Bonchev–Trinajstić information content (AvgIpc) is 2.72. The Balaban J connectivity index is 1.93. The van der Waals surface area contributed by atoms with E-state index in [1.54, 1.807) is 0 Å². The predicted molar refractivity (Wildman–Crippen MR) is 90.6 cm³/mol. The molecule has 1 aromatic rings. The summed E-state index contributed by atoms with van der Waals surface area (Å²) in [5.74, 6) is 2.76. The lowest BCUT2D eigenvalue weighted by Gasteiger charge is -2.22. The summed E-state index contributed by atoms with van der Waals surface area (Å²) in [6.07, 6.45) is 5.31. The number of nitrogens with zero attached hydrogens (tertiary/aromatic N) is 2. The molecule has 1 unspecified atom stereocenters. The Hall–Kier alpha value is -1.09. The van der Waals surface area contributed by atoms with Crippen molar-refractivity contribution in [2.45, 2.75) is 53.0 Å². The second-order valence-corrected chi connectivity index (χ2v) is 6.70. The van der Waals surface area contributed by atoms with Crippen LogP contribution in [-0.2, 0) is 6.54 Å². The van der Waals surface area contributed by atoms with E-state index in [2.05, 4.69) is 49.2 Å². The molecule has 0 aliphatic carbocycles. The molecule has 3 nitrogen and oxygen atoms in total. The van der Waals surface area contributed by atoms with Crippen LogP contribution in [0, 0.1) is 11.8 Å². The molecule has 1 atom stereocenters. The van der Waals surface area contributed by atoms with E-state index in [9.17, 15) is 0 Å². The van der Waals surface area contributed by atoms with Crippen LogP contribution in [0.15, 0.2) is 18.2 Å². The molecular formula is C18H31N3. The summed E-state index contributed by atoms with van der Waals surface area (Å²) in [6.45, 7) is 11.0. The minimum atomic E-state index is 0.685. The number of pyridine rings is 1. The van der Waals surface area contributed by atoms with Crippen LogP contribution in [0.5, 0.6) is 0 Å². The first-order valence-electron chi connectivity index (χ1n) is 8.60. The molecule has 21 heavy (non-hydrogen) atoms. The van der Waals surface area contributed by atoms with Crippen LogP contribution in [0.25, 0.3) is 0 Å². The molecule has 0 bridgehead atoms. The number of anilines is 1. The number of hydrogen-bond donors (Lipinski definition) is 1. The van der Waals surface area contributed by atoms with Crippen LogP contribution in [0.1, 0.15) is 52.1 Å². The van der Waals surface area contributed by atoms with Gasteiger partial charge in [-0.3, -0.25) is 0 Å². The normalized spacial score (nSPS) is 19.8. The van der Waals surface area contributed by atoms with Crippen LogP contribution in [-0.4, -0.2) is 24.6 Å². The van der Waals surface area contributed by atoms with Gasteiger partial charge in [0.2, 0.25) is 0 Å². The standard InChI is InChI=1S/C18H31N3/c1-4-16-7-6-11-21(12-10-16)18-9-5-8-17(20-18)14-19-13-15(2)3/h5,8-9,15-16,19H,4,6-7,10-14H2,1-3H3. The fraction of sp³-hybridized carbons (Fsp3) is 0.722. The van der Waals surface area contributed by atoms with Gasteiger partial charge in [-0.2, -0.15) is 0 Å². The van der Waals surface area contributed by atoms with Gasteiger partial charge in [-0.25, -0.2) is 4.98 Å². The molecule has 1 saturated heterocycles. The summed E-state index contributed by atoms with van der Waals surface area (Å²) in [7, 11) is 0. The zero-order chi connectivity index (χ0) is 15.1. The first kappa shape index (κ1) is 16.3. The maximum Gasteiger partial charge on any atom is 0.128 e. The van der Waals surface area contributed by atoms with Gasteiger partial charge in [0.25, 0.3) is 0 Å². The minimum Gasteiger partial charge on any atom is -0.357 e. The number of nitrogens with one attached hydrogen (secondary N) is 1. The number of rotatable bonds is 6. The van der Waals surface area contributed by atoms with Gasteiger partial charge in [-0.05, 0) is 49.8 Å². The molecule has 1 aromatic heterocycles. The van der Waals surface area contributed by atoms with Crippen LogP contribution < -0.4 is 10.2 Å². The second kappa shape index (κ2) is 8.38. The Kier molecular flexibility index (Phi) is 6.50. The van der Waals surface area contributed by atoms with Crippen molar-refractivity contribution in [2.75, 3.05) is 24.5 Å². The molecule has 1 N–H and O–H groups in total. The third kappa shape index (κ3) is 5.31. The largest absolute Gasteiger partial charge is 0.357 e. The highest BCUT2D eigenvalue weighted by molar-refractivity contribution is 5.39. The van der Waals surface area contributed by atoms with Crippen molar-refractivity contribution >= 4 is 5.82 Å². The first-order valence-corrected chi connectivity index (χ1v) is 8.60. The van der Waals surface area contributed by atoms with E-state index in [1.807, 2.05) is 0 Å². The Labute approximate surface area is 130 Å². The molecular weight excluding hydrogens is 258 g/mol. The first-order chi connectivity index (χ1) is 10.2. The van der Waals surface area contributed by atoms with Crippen molar-refractivity contribution in [3.8, 4) is 0 Å². The van der Waals surface area contributed by atoms with E-state index in [-0.39, 0.29) is 0 Å². The van der Waals surface area contributed by atoms with E-state index in [0.29, 0.717) is 5.92 Å².